The maximum atomic E-state index is 12.0. The maximum absolute atomic E-state index is 12.0. The Morgan fingerprint density at radius 1 is 1.09 bits per heavy atom. The van der Waals surface area contributed by atoms with E-state index in [0.29, 0.717) is 6.54 Å². The normalized spacial score (nSPS) is 11.3. The van der Waals surface area contributed by atoms with Gasteiger partial charge >= 0.3 is 5.97 Å². The smallest absolute Gasteiger partial charge is 0.335 e. The summed E-state index contributed by atoms with van der Waals surface area (Å²) in [6.07, 6.45) is 0.722. The van der Waals surface area contributed by atoms with E-state index in [4.69, 9.17) is 5.11 Å². The first-order valence-electron chi connectivity index (χ1n) is 6.87. The molecule has 0 unspecified atom stereocenters. The third-order valence-electron chi connectivity index (χ3n) is 3.15. The summed E-state index contributed by atoms with van der Waals surface area (Å²) in [5, 5.41) is 9.00. The molecule has 0 spiro atoms. The minimum atomic E-state index is -3.49. The van der Waals surface area contributed by atoms with Crippen LogP contribution in [0.2, 0.25) is 0 Å². The van der Waals surface area contributed by atoms with Crippen molar-refractivity contribution in [1.29, 1.82) is 0 Å². The second kappa shape index (κ2) is 6.72. The predicted octanol–water partition coefficient (Wildman–Crippen LogP) is 2.74. The lowest BCUT2D eigenvalue weighted by Crippen LogP contribution is -2.24. The van der Waals surface area contributed by atoms with Gasteiger partial charge in [0, 0.05) is 6.54 Å². The number of benzene rings is 2. The van der Waals surface area contributed by atoms with Crippen molar-refractivity contribution in [3.63, 3.8) is 0 Å². The first-order valence-corrected chi connectivity index (χ1v) is 8.36. The van der Waals surface area contributed by atoms with Crippen molar-refractivity contribution in [1.82, 2.24) is 4.72 Å². The van der Waals surface area contributed by atoms with Crippen LogP contribution < -0.4 is 4.72 Å². The molecule has 0 radical (unpaired) electrons. The zero-order chi connectivity index (χ0) is 16.2. The van der Waals surface area contributed by atoms with Crippen molar-refractivity contribution >= 4 is 16.0 Å². The molecular weight excluding hydrogens is 302 g/mol. The number of aromatic carboxylic acids is 1. The van der Waals surface area contributed by atoms with E-state index in [0.717, 1.165) is 17.5 Å². The summed E-state index contributed by atoms with van der Waals surface area (Å²) in [5.74, 6) is -0.996. The number of carbonyl (C=O) groups is 1. The SMILES string of the molecule is CCCNS(=O)(=O)c1ccc(-c2cccc(C(=O)O)c2)cc1. The van der Waals surface area contributed by atoms with Gasteiger partial charge in [-0.3, -0.25) is 0 Å². The van der Waals surface area contributed by atoms with E-state index < -0.39 is 16.0 Å². The Morgan fingerprint density at radius 2 is 1.77 bits per heavy atom. The largest absolute Gasteiger partial charge is 0.478 e. The molecule has 0 atom stereocenters. The van der Waals surface area contributed by atoms with Gasteiger partial charge in [-0.1, -0.05) is 31.2 Å². The highest BCUT2D eigenvalue weighted by molar-refractivity contribution is 7.89. The van der Waals surface area contributed by atoms with Gasteiger partial charge in [-0.25, -0.2) is 17.9 Å². The Labute approximate surface area is 129 Å². The van der Waals surface area contributed by atoms with Crippen molar-refractivity contribution in [3.05, 3.63) is 54.1 Å². The average molecular weight is 319 g/mol. The zero-order valence-electron chi connectivity index (χ0n) is 12.1. The molecule has 2 rings (SSSR count). The molecule has 0 amide bonds. The van der Waals surface area contributed by atoms with Crippen LogP contribution in [0.25, 0.3) is 11.1 Å². The summed E-state index contributed by atoms with van der Waals surface area (Å²) in [6.45, 7) is 2.28. The van der Waals surface area contributed by atoms with Crippen molar-refractivity contribution in [2.24, 2.45) is 0 Å². The first-order chi connectivity index (χ1) is 10.4. The lowest BCUT2D eigenvalue weighted by atomic mass is 10.0. The molecule has 5 nitrogen and oxygen atoms in total. The van der Waals surface area contributed by atoms with Gasteiger partial charge in [0.15, 0.2) is 0 Å². The number of carboxylic acid groups (broad SMARTS) is 1. The highest BCUT2D eigenvalue weighted by atomic mass is 32.2. The van der Waals surface area contributed by atoms with Gasteiger partial charge in [0.2, 0.25) is 10.0 Å². The number of hydrogen-bond donors (Lipinski definition) is 2. The van der Waals surface area contributed by atoms with E-state index in [2.05, 4.69) is 4.72 Å². The van der Waals surface area contributed by atoms with Gasteiger partial charge in [0.1, 0.15) is 0 Å². The molecule has 2 aromatic carbocycles. The van der Waals surface area contributed by atoms with Crippen molar-refractivity contribution < 1.29 is 18.3 Å². The Morgan fingerprint density at radius 3 is 2.36 bits per heavy atom. The minimum Gasteiger partial charge on any atom is -0.478 e. The standard InChI is InChI=1S/C16H17NO4S/c1-2-10-17-22(20,21)15-8-6-12(7-9-15)13-4-3-5-14(11-13)16(18)19/h3-9,11,17H,2,10H2,1H3,(H,18,19). The van der Waals surface area contributed by atoms with Crippen molar-refractivity contribution in [2.75, 3.05) is 6.54 Å². The molecule has 2 aromatic rings. The summed E-state index contributed by atoms with van der Waals surface area (Å²) < 4.78 is 26.5. The molecule has 0 saturated carbocycles. The second-order valence-corrected chi connectivity index (χ2v) is 6.58. The van der Waals surface area contributed by atoms with Crippen LogP contribution in [0.4, 0.5) is 0 Å². The van der Waals surface area contributed by atoms with Crippen LogP contribution in [0.3, 0.4) is 0 Å². The molecule has 0 fully saturated rings. The van der Waals surface area contributed by atoms with Crippen LogP contribution in [0, 0.1) is 0 Å². The molecule has 0 aliphatic heterocycles. The fourth-order valence-corrected chi connectivity index (χ4v) is 3.11. The molecule has 0 aromatic heterocycles. The molecule has 2 N–H and O–H groups in total. The predicted molar refractivity (Wildman–Crippen MR) is 84.3 cm³/mol. The van der Waals surface area contributed by atoms with E-state index in [1.807, 2.05) is 6.92 Å². The van der Waals surface area contributed by atoms with Crippen LogP contribution in [-0.2, 0) is 10.0 Å². The topological polar surface area (TPSA) is 83.5 Å². The lowest BCUT2D eigenvalue weighted by Gasteiger charge is -2.07. The van der Waals surface area contributed by atoms with E-state index in [1.165, 1.54) is 18.2 Å². The number of nitrogens with one attached hydrogen (secondary N) is 1. The van der Waals surface area contributed by atoms with Gasteiger partial charge in [0.25, 0.3) is 0 Å². The van der Waals surface area contributed by atoms with Crippen molar-refractivity contribution in [2.45, 2.75) is 18.2 Å². The van der Waals surface area contributed by atoms with E-state index in [1.54, 1.807) is 30.3 Å². The molecule has 0 aliphatic carbocycles. The first kappa shape index (κ1) is 16.2. The van der Waals surface area contributed by atoms with E-state index in [-0.39, 0.29) is 10.5 Å². The molecule has 0 heterocycles. The number of hydrogen-bond acceptors (Lipinski definition) is 3. The Kier molecular flexibility index (Phi) is 4.95. The molecule has 116 valence electrons. The van der Waals surface area contributed by atoms with Crippen LogP contribution in [0.1, 0.15) is 23.7 Å². The highest BCUT2D eigenvalue weighted by Gasteiger charge is 2.13. The van der Waals surface area contributed by atoms with E-state index in [9.17, 15) is 13.2 Å². The molecule has 0 saturated heterocycles. The Bertz CT molecular complexity index is 767. The van der Waals surface area contributed by atoms with Crippen LogP contribution in [0.15, 0.2) is 53.4 Å². The average Bonchev–Trinajstić information content (AvgIpc) is 2.53. The Balaban J connectivity index is 2.29. The van der Waals surface area contributed by atoms with Gasteiger partial charge < -0.3 is 5.11 Å². The van der Waals surface area contributed by atoms with Crippen LogP contribution in [-0.4, -0.2) is 26.0 Å². The zero-order valence-corrected chi connectivity index (χ0v) is 12.9. The van der Waals surface area contributed by atoms with E-state index >= 15 is 0 Å². The lowest BCUT2D eigenvalue weighted by molar-refractivity contribution is 0.0697. The van der Waals surface area contributed by atoms with Gasteiger partial charge in [-0.15, -0.1) is 0 Å². The fourth-order valence-electron chi connectivity index (χ4n) is 1.98. The molecule has 22 heavy (non-hydrogen) atoms. The quantitative estimate of drug-likeness (QED) is 0.857. The number of sulfonamides is 1. The molecule has 6 heteroatoms. The Hall–Kier alpha value is -2.18. The fraction of sp³-hybridized carbons (Fsp3) is 0.188. The van der Waals surface area contributed by atoms with Gasteiger partial charge in [-0.2, -0.15) is 0 Å². The number of rotatable bonds is 6. The highest BCUT2D eigenvalue weighted by Crippen LogP contribution is 2.22. The summed E-state index contributed by atoms with van der Waals surface area (Å²) >= 11 is 0. The molecular formula is C16H17NO4S. The summed E-state index contributed by atoms with van der Waals surface area (Å²) in [5.41, 5.74) is 1.68. The number of carboxylic acids is 1. The van der Waals surface area contributed by atoms with Crippen LogP contribution in [0.5, 0.6) is 0 Å². The summed E-state index contributed by atoms with van der Waals surface area (Å²) in [6, 6.07) is 12.9. The van der Waals surface area contributed by atoms with Gasteiger partial charge in [-0.05, 0) is 41.8 Å². The third-order valence-corrected chi connectivity index (χ3v) is 4.63. The second-order valence-electron chi connectivity index (χ2n) is 4.81. The minimum absolute atomic E-state index is 0.193. The maximum Gasteiger partial charge on any atom is 0.335 e. The van der Waals surface area contributed by atoms with Gasteiger partial charge in [0.05, 0.1) is 10.5 Å². The monoisotopic (exact) mass is 319 g/mol. The molecule has 0 bridgehead atoms. The van der Waals surface area contributed by atoms with Crippen molar-refractivity contribution in [3.8, 4) is 11.1 Å². The van der Waals surface area contributed by atoms with Crippen LogP contribution >= 0.6 is 0 Å². The molecule has 0 aliphatic rings. The summed E-state index contributed by atoms with van der Waals surface area (Å²) in [7, 11) is -3.49. The summed E-state index contributed by atoms with van der Waals surface area (Å²) in [4.78, 5) is 11.2. The third kappa shape index (κ3) is 3.72.